The maximum Gasteiger partial charge on any atom is 0.138 e. The minimum atomic E-state index is -1.26. The molecule has 2 aromatic carbocycles. The van der Waals surface area contributed by atoms with Gasteiger partial charge in [-0.2, -0.15) is 0 Å². The van der Waals surface area contributed by atoms with Gasteiger partial charge >= 0.3 is 0 Å². The van der Waals surface area contributed by atoms with Gasteiger partial charge in [0, 0.05) is 0 Å². The molecule has 0 spiro atoms. The van der Waals surface area contributed by atoms with Crippen LogP contribution in [0.5, 0.6) is 5.75 Å². The van der Waals surface area contributed by atoms with E-state index in [4.69, 9.17) is 16.3 Å². The van der Waals surface area contributed by atoms with Crippen molar-refractivity contribution in [2.75, 3.05) is 0 Å². The normalized spacial score (nSPS) is 11.4. The first-order valence-electron chi connectivity index (χ1n) is 6.53. The van der Waals surface area contributed by atoms with Gasteiger partial charge in [-0.05, 0) is 23.8 Å². The highest BCUT2D eigenvalue weighted by Gasteiger charge is 2.15. The predicted octanol–water partition coefficient (Wildman–Crippen LogP) is 4.60. The van der Waals surface area contributed by atoms with Crippen molar-refractivity contribution in [1.82, 2.24) is 0 Å². The van der Waals surface area contributed by atoms with Crippen LogP contribution in [0.1, 0.15) is 5.56 Å². The highest BCUT2D eigenvalue weighted by atomic mass is 35.5. The smallest absolute Gasteiger partial charge is 0.138 e. The zero-order chi connectivity index (χ0) is 14.8. The van der Waals surface area contributed by atoms with E-state index in [0.29, 0.717) is 17.4 Å². The third-order valence-electron chi connectivity index (χ3n) is 3.11. The summed E-state index contributed by atoms with van der Waals surface area (Å²) in [4.78, 5) is 0. The summed E-state index contributed by atoms with van der Waals surface area (Å²) in [6.45, 7) is 7.38. The summed E-state index contributed by atoms with van der Waals surface area (Å²) in [6, 6.07) is 12.6. The topological polar surface area (TPSA) is 9.23 Å². The molecule has 0 fully saturated rings. The maximum atomic E-state index is 12.9. The molecule has 0 saturated carbocycles. The number of rotatable bonds is 4. The minimum absolute atomic E-state index is 0.295. The van der Waals surface area contributed by atoms with Crippen molar-refractivity contribution in [2.24, 2.45) is 0 Å². The molecule has 2 aromatic rings. The van der Waals surface area contributed by atoms with Crippen molar-refractivity contribution in [3.05, 3.63) is 58.9 Å². The second kappa shape index (κ2) is 5.98. The summed E-state index contributed by atoms with van der Waals surface area (Å²) in [5.41, 5.74) is 1.08. The SMILES string of the molecule is C[Si](C)(C)c1ccc(COc2ccc(F)cc2Cl)cc1. The molecule has 0 aliphatic rings. The predicted molar refractivity (Wildman–Crippen MR) is 85.2 cm³/mol. The molecule has 0 aromatic heterocycles. The lowest BCUT2D eigenvalue weighted by Gasteiger charge is -2.17. The van der Waals surface area contributed by atoms with Crippen LogP contribution in [-0.4, -0.2) is 8.07 Å². The highest BCUT2D eigenvalue weighted by molar-refractivity contribution is 6.88. The van der Waals surface area contributed by atoms with Crippen molar-refractivity contribution in [3.63, 3.8) is 0 Å². The Morgan fingerprint density at radius 3 is 2.25 bits per heavy atom. The quantitative estimate of drug-likeness (QED) is 0.750. The summed E-state index contributed by atoms with van der Waals surface area (Å²) in [5, 5.41) is 1.71. The highest BCUT2D eigenvalue weighted by Crippen LogP contribution is 2.25. The van der Waals surface area contributed by atoms with Crippen molar-refractivity contribution in [3.8, 4) is 5.75 Å². The molecule has 0 saturated heterocycles. The number of hydrogen-bond acceptors (Lipinski definition) is 1. The van der Waals surface area contributed by atoms with Crippen LogP contribution in [0.25, 0.3) is 0 Å². The van der Waals surface area contributed by atoms with Crippen molar-refractivity contribution in [1.29, 1.82) is 0 Å². The Morgan fingerprint density at radius 2 is 1.70 bits per heavy atom. The fourth-order valence-electron chi connectivity index (χ4n) is 1.85. The number of halogens is 2. The molecule has 0 aliphatic carbocycles. The lowest BCUT2D eigenvalue weighted by Crippen LogP contribution is -2.37. The van der Waals surface area contributed by atoms with Crippen LogP contribution in [0.15, 0.2) is 42.5 Å². The molecule has 1 nitrogen and oxygen atoms in total. The van der Waals surface area contributed by atoms with Gasteiger partial charge in [-0.15, -0.1) is 0 Å². The molecule has 0 unspecified atom stereocenters. The summed E-state index contributed by atoms with van der Waals surface area (Å²) < 4.78 is 18.5. The van der Waals surface area contributed by atoms with Crippen LogP contribution in [0.2, 0.25) is 24.7 Å². The van der Waals surface area contributed by atoms with E-state index in [-0.39, 0.29) is 5.82 Å². The van der Waals surface area contributed by atoms with Crippen LogP contribution >= 0.6 is 11.6 Å². The van der Waals surface area contributed by atoms with E-state index >= 15 is 0 Å². The molecule has 0 amide bonds. The molecule has 0 radical (unpaired) electrons. The Labute approximate surface area is 125 Å². The second-order valence-corrected chi connectivity index (χ2v) is 11.3. The average molecular weight is 309 g/mol. The zero-order valence-electron chi connectivity index (χ0n) is 11.9. The van der Waals surface area contributed by atoms with E-state index in [9.17, 15) is 4.39 Å². The number of ether oxygens (including phenoxy) is 1. The first kappa shape index (κ1) is 15.1. The minimum Gasteiger partial charge on any atom is -0.487 e. The molecule has 20 heavy (non-hydrogen) atoms. The van der Waals surface area contributed by atoms with Crippen LogP contribution in [0.3, 0.4) is 0 Å². The summed E-state index contributed by atoms with van der Waals surface area (Å²) in [6.07, 6.45) is 0. The van der Waals surface area contributed by atoms with Gasteiger partial charge in [0.1, 0.15) is 18.2 Å². The first-order valence-corrected chi connectivity index (χ1v) is 10.4. The fraction of sp³-hybridized carbons (Fsp3) is 0.250. The van der Waals surface area contributed by atoms with Crippen molar-refractivity contribution >= 4 is 24.9 Å². The maximum absolute atomic E-state index is 12.9. The monoisotopic (exact) mass is 308 g/mol. The summed E-state index contributed by atoms with van der Waals surface area (Å²) in [7, 11) is -1.26. The third-order valence-corrected chi connectivity index (χ3v) is 5.47. The average Bonchev–Trinajstić information content (AvgIpc) is 2.37. The van der Waals surface area contributed by atoms with Gasteiger partial charge in [-0.25, -0.2) is 4.39 Å². The lowest BCUT2D eigenvalue weighted by molar-refractivity contribution is 0.306. The van der Waals surface area contributed by atoms with Crippen LogP contribution in [0, 0.1) is 5.82 Å². The van der Waals surface area contributed by atoms with E-state index < -0.39 is 8.07 Å². The van der Waals surface area contributed by atoms with Gasteiger partial charge in [0.2, 0.25) is 0 Å². The Kier molecular flexibility index (Phi) is 4.51. The van der Waals surface area contributed by atoms with Crippen molar-refractivity contribution in [2.45, 2.75) is 26.2 Å². The molecular formula is C16H18ClFOSi. The molecule has 0 atom stereocenters. The molecule has 0 heterocycles. The van der Waals surface area contributed by atoms with E-state index in [0.717, 1.165) is 5.56 Å². The molecule has 0 aliphatic heterocycles. The number of benzene rings is 2. The standard InChI is InChI=1S/C16H18ClFOSi/c1-20(2,3)14-7-4-12(5-8-14)11-19-16-9-6-13(18)10-15(16)17/h4-10H,11H2,1-3H3. The van der Waals surface area contributed by atoms with Crippen LogP contribution in [-0.2, 0) is 6.61 Å². The molecular weight excluding hydrogens is 291 g/mol. The molecule has 2 rings (SSSR count). The summed E-state index contributed by atoms with van der Waals surface area (Å²) >= 11 is 5.92. The van der Waals surface area contributed by atoms with E-state index in [2.05, 4.69) is 43.9 Å². The first-order chi connectivity index (χ1) is 9.36. The Balaban J connectivity index is 2.04. The molecule has 0 bridgehead atoms. The van der Waals surface area contributed by atoms with E-state index in [1.54, 1.807) is 6.07 Å². The van der Waals surface area contributed by atoms with Gasteiger partial charge in [0.15, 0.2) is 0 Å². The van der Waals surface area contributed by atoms with Gasteiger partial charge in [0.05, 0.1) is 13.1 Å². The van der Waals surface area contributed by atoms with Crippen LogP contribution in [0.4, 0.5) is 4.39 Å². The molecule has 4 heteroatoms. The largest absolute Gasteiger partial charge is 0.487 e. The van der Waals surface area contributed by atoms with Gasteiger partial charge < -0.3 is 4.74 Å². The summed E-state index contributed by atoms with van der Waals surface area (Å²) in [5.74, 6) is 0.143. The second-order valence-electron chi connectivity index (χ2n) is 5.81. The van der Waals surface area contributed by atoms with E-state index in [1.165, 1.54) is 17.3 Å². The third kappa shape index (κ3) is 3.84. The van der Waals surface area contributed by atoms with Crippen molar-refractivity contribution < 1.29 is 9.13 Å². The molecule has 106 valence electrons. The van der Waals surface area contributed by atoms with E-state index in [1.807, 2.05) is 0 Å². The van der Waals surface area contributed by atoms with Gasteiger partial charge in [-0.1, -0.05) is 60.7 Å². The Morgan fingerprint density at radius 1 is 1.05 bits per heavy atom. The van der Waals surface area contributed by atoms with Gasteiger partial charge in [0.25, 0.3) is 0 Å². The molecule has 0 N–H and O–H groups in total. The number of hydrogen-bond donors (Lipinski definition) is 0. The fourth-order valence-corrected chi connectivity index (χ4v) is 3.24. The zero-order valence-corrected chi connectivity index (χ0v) is 13.7. The lowest BCUT2D eigenvalue weighted by atomic mass is 10.2. The van der Waals surface area contributed by atoms with Crippen LogP contribution < -0.4 is 9.92 Å². The Bertz CT molecular complexity index is 590. The Hall–Kier alpha value is -1.32. The van der Waals surface area contributed by atoms with Gasteiger partial charge in [-0.3, -0.25) is 0 Å².